The third kappa shape index (κ3) is 7.08. The number of halogens is 3. The van der Waals surface area contributed by atoms with Crippen LogP contribution in [0.15, 0.2) is 77.2 Å². The highest BCUT2D eigenvalue weighted by Gasteiger charge is 2.31. The van der Waals surface area contributed by atoms with Crippen molar-refractivity contribution in [3.05, 3.63) is 89.7 Å². The van der Waals surface area contributed by atoms with Gasteiger partial charge in [0.25, 0.3) is 5.91 Å². The Morgan fingerprint density at radius 3 is 2.41 bits per heavy atom. The summed E-state index contributed by atoms with van der Waals surface area (Å²) in [6.45, 7) is -0.577. The summed E-state index contributed by atoms with van der Waals surface area (Å²) in [4.78, 5) is 25.4. The second-order valence-corrected chi connectivity index (χ2v) is 8.18. The van der Waals surface area contributed by atoms with Crippen LogP contribution < -0.4 is 14.8 Å². The molecule has 0 aliphatic rings. The first-order valence-electron chi connectivity index (χ1n) is 11.7. The molecule has 1 heterocycles. The van der Waals surface area contributed by atoms with E-state index in [0.717, 1.165) is 18.2 Å². The maximum atomic E-state index is 13.2. The van der Waals surface area contributed by atoms with Crippen LogP contribution in [0.3, 0.4) is 0 Å². The average Bonchev–Trinajstić information content (AvgIpc) is 3.30. The molecule has 0 atom stereocenters. The topological polar surface area (TPSA) is 96.2 Å². The van der Waals surface area contributed by atoms with Gasteiger partial charge in [-0.25, -0.2) is 4.79 Å². The zero-order valence-electron chi connectivity index (χ0n) is 20.7. The maximum Gasteiger partial charge on any atom is 0.416 e. The summed E-state index contributed by atoms with van der Waals surface area (Å²) in [5, 5.41) is 2.94. The van der Waals surface area contributed by atoms with E-state index in [0.29, 0.717) is 22.3 Å². The predicted molar refractivity (Wildman–Crippen MR) is 135 cm³/mol. The Kier molecular flexibility index (Phi) is 8.72. The van der Waals surface area contributed by atoms with Gasteiger partial charge < -0.3 is 28.7 Å². The number of ether oxygens (including phenoxy) is 4. The van der Waals surface area contributed by atoms with Gasteiger partial charge in [-0.05, 0) is 36.4 Å². The van der Waals surface area contributed by atoms with E-state index >= 15 is 0 Å². The van der Waals surface area contributed by atoms with Crippen LogP contribution in [0.5, 0.6) is 11.5 Å². The zero-order valence-corrected chi connectivity index (χ0v) is 20.7. The lowest BCUT2D eigenvalue weighted by atomic mass is 10.1. The molecule has 0 bridgehead atoms. The van der Waals surface area contributed by atoms with Gasteiger partial charge in [0.2, 0.25) is 5.76 Å². The monoisotopic (exact) mass is 543 g/mol. The van der Waals surface area contributed by atoms with Gasteiger partial charge in [0.1, 0.15) is 30.3 Å². The summed E-state index contributed by atoms with van der Waals surface area (Å²) >= 11 is 0. The minimum Gasteiger partial charge on any atom is -0.489 e. The van der Waals surface area contributed by atoms with Crippen LogP contribution in [0.2, 0.25) is 0 Å². The fourth-order valence-electron chi connectivity index (χ4n) is 3.63. The Balaban J connectivity index is 1.47. The molecule has 4 aromatic rings. The number of esters is 1. The van der Waals surface area contributed by atoms with Gasteiger partial charge >= 0.3 is 12.1 Å². The SMILES string of the molecule is COCCOc1ccc(C(F)(F)F)cc1NC(=O)COC(=O)c1oc2ccccc2c1COc1ccccc1. The number of amides is 1. The van der Waals surface area contributed by atoms with Crippen LogP contribution in [0.1, 0.15) is 21.7 Å². The lowest BCUT2D eigenvalue weighted by Gasteiger charge is -2.15. The first kappa shape index (κ1) is 27.5. The number of carbonyl (C=O) groups is 2. The largest absolute Gasteiger partial charge is 0.489 e. The van der Waals surface area contributed by atoms with Gasteiger partial charge in [0.15, 0.2) is 6.61 Å². The summed E-state index contributed by atoms with van der Waals surface area (Å²) in [5.74, 6) is -1.39. The lowest BCUT2D eigenvalue weighted by Crippen LogP contribution is -2.22. The van der Waals surface area contributed by atoms with Crippen LogP contribution in [-0.4, -0.2) is 38.8 Å². The minimum atomic E-state index is -4.64. The van der Waals surface area contributed by atoms with Gasteiger partial charge in [0, 0.05) is 12.5 Å². The van der Waals surface area contributed by atoms with E-state index in [1.165, 1.54) is 7.11 Å². The van der Waals surface area contributed by atoms with Crippen molar-refractivity contribution in [2.45, 2.75) is 12.8 Å². The molecular formula is C28H24F3NO7. The van der Waals surface area contributed by atoms with E-state index in [4.69, 9.17) is 23.4 Å². The fraction of sp³-hybridized carbons (Fsp3) is 0.214. The summed E-state index contributed by atoms with van der Waals surface area (Å²) in [6, 6.07) is 18.5. The smallest absolute Gasteiger partial charge is 0.416 e. The highest BCUT2D eigenvalue weighted by molar-refractivity contribution is 5.98. The number of hydrogen-bond acceptors (Lipinski definition) is 7. The molecule has 11 heteroatoms. The van der Waals surface area contributed by atoms with Gasteiger partial charge in [-0.15, -0.1) is 0 Å². The highest BCUT2D eigenvalue weighted by atomic mass is 19.4. The fourth-order valence-corrected chi connectivity index (χ4v) is 3.63. The quantitative estimate of drug-likeness (QED) is 0.187. The molecule has 0 aliphatic carbocycles. The molecule has 0 aliphatic heterocycles. The highest BCUT2D eigenvalue weighted by Crippen LogP contribution is 2.35. The number of fused-ring (bicyclic) bond motifs is 1. The van der Waals surface area contributed by atoms with Crippen molar-refractivity contribution in [2.75, 3.05) is 32.2 Å². The Labute approximate surface area is 221 Å². The molecule has 0 spiro atoms. The van der Waals surface area contributed by atoms with E-state index in [-0.39, 0.29) is 37.0 Å². The van der Waals surface area contributed by atoms with E-state index < -0.39 is 30.2 Å². The van der Waals surface area contributed by atoms with Crippen molar-refractivity contribution in [1.29, 1.82) is 0 Å². The van der Waals surface area contributed by atoms with Gasteiger partial charge in [-0.2, -0.15) is 13.2 Å². The second kappa shape index (κ2) is 12.4. The number of hydrogen-bond donors (Lipinski definition) is 1. The molecular weight excluding hydrogens is 519 g/mol. The van der Waals surface area contributed by atoms with Crippen LogP contribution in [-0.2, 0) is 27.1 Å². The standard InChI is InChI=1S/C28H24F3NO7/c1-35-13-14-36-24-12-11-18(28(29,30)31)15-22(24)32-25(33)17-38-27(34)26-21(16-37-19-7-3-2-4-8-19)20-9-5-6-10-23(20)39-26/h2-12,15H,13-14,16-17H2,1H3,(H,32,33). The summed E-state index contributed by atoms with van der Waals surface area (Å²) < 4.78 is 66.5. The minimum absolute atomic E-state index is 0.00245. The second-order valence-electron chi connectivity index (χ2n) is 8.18. The Bertz CT molecular complexity index is 1430. The first-order valence-corrected chi connectivity index (χ1v) is 11.7. The number of methoxy groups -OCH3 is 1. The van der Waals surface area contributed by atoms with E-state index in [9.17, 15) is 22.8 Å². The van der Waals surface area contributed by atoms with Gasteiger partial charge in [0.05, 0.1) is 23.4 Å². The van der Waals surface area contributed by atoms with Crippen molar-refractivity contribution >= 4 is 28.5 Å². The normalized spacial score (nSPS) is 11.3. The molecule has 39 heavy (non-hydrogen) atoms. The average molecular weight is 543 g/mol. The predicted octanol–water partition coefficient (Wildman–Crippen LogP) is 5.85. The third-order valence-corrected chi connectivity index (χ3v) is 5.47. The molecule has 204 valence electrons. The number of para-hydroxylation sites is 2. The summed E-state index contributed by atoms with van der Waals surface area (Å²) in [7, 11) is 1.44. The molecule has 3 aromatic carbocycles. The molecule has 1 N–H and O–H groups in total. The molecule has 0 saturated heterocycles. The molecule has 0 unspecified atom stereocenters. The lowest BCUT2D eigenvalue weighted by molar-refractivity contribution is -0.137. The molecule has 0 radical (unpaired) electrons. The van der Waals surface area contributed by atoms with E-state index in [1.54, 1.807) is 48.5 Å². The molecule has 0 fully saturated rings. The van der Waals surface area contributed by atoms with Crippen LogP contribution >= 0.6 is 0 Å². The molecule has 1 aromatic heterocycles. The number of alkyl halides is 3. The van der Waals surface area contributed by atoms with Crippen LogP contribution in [0, 0.1) is 0 Å². The number of carbonyl (C=O) groups excluding carboxylic acids is 2. The van der Waals surface area contributed by atoms with Crippen LogP contribution in [0.4, 0.5) is 18.9 Å². The third-order valence-electron chi connectivity index (χ3n) is 5.47. The van der Waals surface area contributed by atoms with E-state index in [1.807, 2.05) is 6.07 Å². The van der Waals surface area contributed by atoms with Gasteiger partial charge in [-0.1, -0.05) is 36.4 Å². The van der Waals surface area contributed by atoms with Crippen molar-refractivity contribution < 1.29 is 46.1 Å². The Morgan fingerprint density at radius 2 is 1.67 bits per heavy atom. The molecule has 4 rings (SSSR count). The van der Waals surface area contributed by atoms with Crippen molar-refractivity contribution in [3.63, 3.8) is 0 Å². The zero-order chi connectivity index (χ0) is 27.8. The van der Waals surface area contributed by atoms with Crippen molar-refractivity contribution in [3.8, 4) is 11.5 Å². The molecule has 1 amide bonds. The maximum absolute atomic E-state index is 13.2. The first-order chi connectivity index (χ1) is 18.8. The Hall–Kier alpha value is -4.51. The van der Waals surface area contributed by atoms with Crippen molar-refractivity contribution in [2.24, 2.45) is 0 Å². The van der Waals surface area contributed by atoms with Crippen molar-refractivity contribution in [1.82, 2.24) is 0 Å². The number of benzene rings is 3. The molecule has 0 saturated carbocycles. The van der Waals surface area contributed by atoms with Crippen LogP contribution in [0.25, 0.3) is 11.0 Å². The number of furan rings is 1. The number of nitrogens with one attached hydrogen (secondary N) is 1. The Morgan fingerprint density at radius 1 is 0.923 bits per heavy atom. The van der Waals surface area contributed by atoms with E-state index in [2.05, 4.69) is 5.32 Å². The summed E-state index contributed by atoms with van der Waals surface area (Å²) in [6.07, 6.45) is -4.64. The van der Waals surface area contributed by atoms with Gasteiger partial charge in [-0.3, -0.25) is 4.79 Å². The number of rotatable bonds is 11. The summed E-state index contributed by atoms with van der Waals surface area (Å²) in [5.41, 5.74) is -0.379. The molecule has 8 nitrogen and oxygen atoms in total. The number of anilines is 1.